The number of hydrogen-bond donors (Lipinski definition) is 1. The van der Waals surface area contributed by atoms with Crippen molar-refractivity contribution in [3.63, 3.8) is 0 Å². The number of carbonyl (C=O) groups excluding carboxylic acids is 1. The average molecular weight is 329 g/mol. The zero-order valence-corrected chi connectivity index (χ0v) is 14.3. The van der Waals surface area contributed by atoms with E-state index < -0.39 is 11.4 Å². The summed E-state index contributed by atoms with van der Waals surface area (Å²) in [4.78, 5) is 14.1. The van der Waals surface area contributed by atoms with Gasteiger partial charge in [-0.2, -0.15) is 0 Å². The van der Waals surface area contributed by atoms with Crippen LogP contribution in [0.3, 0.4) is 0 Å². The molecule has 128 valence electrons. The van der Waals surface area contributed by atoms with Crippen LogP contribution < -0.4 is 4.90 Å². The molecule has 5 nitrogen and oxygen atoms in total. The van der Waals surface area contributed by atoms with E-state index in [-0.39, 0.29) is 11.5 Å². The highest BCUT2D eigenvalue weighted by molar-refractivity contribution is 6.12. The second kappa shape index (κ2) is 7.89. The van der Waals surface area contributed by atoms with Crippen LogP contribution in [0.15, 0.2) is 41.9 Å². The molecule has 0 saturated heterocycles. The third-order valence-electron chi connectivity index (χ3n) is 3.92. The fourth-order valence-corrected chi connectivity index (χ4v) is 2.56. The van der Waals surface area contributed by atoms with Crippen molar-refractivity contribution < 1.29 is 19.4 Å². The first kappa shape index (κ1) is 17.9. The molecule has 1 aliphatic rings. The quantitative estimate of drug-likeness (QED) is 0.777. The maximum absolute atomic E-state index is 12.0. The van der Waals surface area contributed by atoms with Crippen molar-refractivity contribution in [3.05, 3.63) is 41.9 Å². The number of aliphatic hydroxyl groups is 1. The molecule has 0 amide bonds. The summed E-state index contributed by atoms with van der Waals surface area (Å²) < 4.78 is 9.96. The standard InChI is InChI=1S/C19H23NO4/c1-4-5-13-20(15-10-7-6-8-11-15)14-9-12-19(22)17(21)16(23-2)18(19)24-3/h6-8,10-11,22H,4-5,13-14H2,1-3H3. The Morgan fingerprint density at radius 2 is 1.92 bits per heavy atom. The Labute approximate surface area is 142 Å². The van der Waals surface area contributed by atoms with Gasteiger partial charge in [0.2, 0.25) is 5.76 Å². The van der Waals surface area contributed by atoms with Crippen LogP contribution in [0.4, 0.5) is 5.69 Å². The number of benzene rings is 1. The molecule has 0 radical (unpaired) electrons. The fourth-order valence-electron chi connectivity index (χ4n) is 2.56. The van der Waals surface area contributed by atoms with Gasteiger partial charge in [-0.15, -0.1) is 0 Å². The number of anilines is 1. The molecule has 1 atom stereocenters. The topological polar surface area (TPSA) is 59.0 Å². The minimum atomic E-state index is -1.90. The van der Waals surface area contributed by atoms with Crippen LogP contribution in [-0.4, -0.2) is 43.8 Å². The van der Waals surface area contributed by atoms with Crippen LogP contribution in [0.25, 0.3) is 0 Å². The first-order valence-corrected chi connectivity index (χ1v) is 7.98. The molecule has 24 heavy (non-hydrogen) atoms. The van der Waals surface area contributed by atoms with Crippen molar-refractivity contribution in [1.82, 2.24) is 0 Å². The van der Waals surface area contributed by atoms with Crippen LogP contribution in [-0.2, 0) is 14.3 Å². The Kier molecular flexibility index (Phi) is 5.88. The van der Waals surface area contributed by atoms with Gasteiger partial charge in [0.15, 0.2) is 5.76 Å². The lowest BCUT2D eigenvalue weighted by Gasteiger charge is -2.32. The van der Waals surface area contributed by atoms with Crippen LogP contribution in [0.1, 0.15) is 19.8 Å². The third kappa shape index (κ3) is 3.39. The fraction of sp³-hybridized carbons (Fsp3) is 0.421. The summed E-state index contributed by atoms with van der Waals surface area (Å²) in [6.07, 6.45) is 2.11. The third-order valence-corrected chi connectivity index (χ3v) is 3.92. The Morgan fingerprint density at radius 3 is 2.50 bits per heavy atom. The number of Topliss-reactive ketones (excluding diaryl/α,β-unsaturated/α-hetero) is 1. The van der Waals surface area contributed by atoms with Gasteiger partial charge < -0.3 is 19.5 Å². The summed E-state index contributed by atoms with van der Waals surface area (Å²) in [5, 5.41) is 10.4. The van der Waals surface area contributed by atoms with Crippen molar-refractivity contribution in [2.45, 2.75) is 25.4 Å². The molecule has 0 fully saturated rings. The number of methoxy groups -OCH3 is 2. The summed E-state index contributed by atoms with van der Waals surface area (Å²) in [5.74, 6) is 5.09. The lowest BCUT2D eigenvalue weighted by Crippen LogP contribution is -2.51. The highest BCUT2D eigenvalue weighted by Crippen LogP contribution is 2.35. The van der Waals surface area contributed by atoms with Gasteiger partial charge in [-0.05, 0) is 24.5 Å². The number of ketones is 1. The maximum atomic E-state index is 12.0. The summed E-state index contributed by atoms with van der Waals surface area (Å²) in [6.45, 7) is 3.41. The molecule has 0 aromatic heterocycles. The van der Waals surface area contributed by atoms with Gasteiger partial charge in [-0.3, -0.25) is 4.79 Å². The molecule has 1 N–H and O–H groups in total. The average Bonchev–Trinajstić information content (AvgIpc) is 2.62. The van der Waals surface area contributed by atoms with Crippen LogP contribution >= 0.6 is 0 Å². The molecule has 1 aliphatic carbocycles. The second-order valence-corrected chi connectivity index (χ2v) is 5.52. The molecule has 1 aromatic rings. The first-order valence-electron chi connectivity index (χ1n) is 7.98. The molecule has 0 saturated carbocycles. The van der Waals surface area contributed by atoms with Gasteiger partial charge in [-0.25, -0.2) is 0 Å². The van der Waals surface area contributed by atoms with E-state index in [0.717, 1.165) is 25.1 Å². The normalized spacial score (nSPS) is 19.2. The van der Waals surface area contributed by atoms with E-state index in [2.05, 4.69) is 23.7 Å². The lowest BCUT2D eigenvalue weighted by molar-refractivity contribution is -0.138. The van der Waals surface area contributed by atoms with Gasteiger partial charge >= 0.3 is 0 Å². The molecule has 0 spiro atoms. The predicted octanol–water partition coefficient (Wildman–Crippen LogP) is 2.11. The molecular formula is C19H23NO4. The molecule has 2 rings (SSSR count). The highest BCUT2D eigenvalue weighted by Gasteiger charge is 2.55. The Morgan fingerprint density at radius 1 is 1.21 bits per heavy atom. The number of unbranched alkanes of at least 4 members (excludes halogenated alkanes) is 1. The van der Waals surface area contributed by atoms with Crippen molar-refractivity contribution in [2.75, 3.05) is 32.2 Å². The largest absolute Gasteiger partial charge is 0.493 e. The number of nitrogens with zero attached hydrogens (tertiary/aromatic N) is 1. The number of rotatable bonds is 7. The lowest BCUT2D eigenvalue weighted by atomic mass is 9.83. The van der Waals surface area contributed by atoms with E-state index in [1.807, 2.05) is 30.3 Å². The number of hydrogen-bond acceptors (Lipinski definition) is 5. The van der Waals surface area contributed by atoms with Crippen molar-refractivity contribution in [3.8, 4) is 11.8 Å². The molecule has 0 heterocycles. The van der Waals surface area contributed by atoms with Crippen LogP contribution in [0.2, 0.25) is 0 Å². The molecule has 1 unspecified atom stereocenters. The van der Waals surface area contributed by atoms with E-state index in [1.165, 1.54) is 14.2 Å². The molecular weight excluding hydrogens is 306 g/mol. The molecule has 1 aromatic carbocycles. The Balaban J connectivity index is 2.15. The van der Waals surface area contributed by atoms with Crippen molar-refractivity contribution in [2.24, 2.45) is 0 Å². The van der Waals surface area contributed by atoms with Gasteiger partial charge in [0, 0.05) is 12.2 Å². The van der Waals surface area contributed by atoms with Crippen molar-refractivity contribution >= 4 is 11.5 Å². The van der Waals surface area contributed by atoms with E-state index in [4.69, 9.17) is 9.47 Å². The number of para-hydroxylation sites is 1. The summed E-state index contributed by atoms with van der Waals surface area (Å²) >= 11 is 0. The number of ether oxygens (including phenoxy) is 2. The summed E-state index contributed by atoms with van der Waals surface area (Å²) in [7, 11) is 2.74. The molecule has 0 bridgehead atoms. The van der Waals surface area contributed by atoms with Crippen molar-refractivity contribution in [1.29, 1.82) is 0 Å². The SMILES string of the molecule is CCCCN(CC#CC1(O)C(=O)C(OC)=C1OC)c1ccccc1. The van der Waals surface area contributed by atoms with Crippen LogP contribution in [0.5, 0.6) is 0 Å². The predicted molar refractivity (Wildman–Crippen MR) is 92.3 cm³/mol. The zero-order valence-electron chi connectivity index (χ0n) is 14.3. The van der Waals surface area contributed by atoms with Gasteiger partial charge in [0.25, 0.3) is 11.4 Å². The minimum absolute atomic E-state index is 0.0280. The van der Waals surface area contributed by atoms with Gasteiger partial charge in [0.05, 0.1) is 20.8 Å². The minimum Gasteiger partial charge on any atom is -0.493 e. The van der Waals surface area contributed by atoms with E-state index in [1.54, 1.807) is 0 Å². The second-order valence-electron chi connectivity index (χ2n) is 5.52. The Bertz CT molecular complexity index is 672. The van der Waals surface area contributed by atoms with E-state index in [9.17, 15) is 9.90 Å². The summed E-state index contributed by atoms with van der Waals surface area (Å²) in [6, 6.07) is 9.95. The smallest absolute Gasteiger partial charge is 0.254 e. The first-order chi connectivity index (χ1) is 11.6. The summed E-state index contributed by atoms with van der Waals surface area (Å²) in [5.41, 5.74) is -0.833. The van der Waals surface area contributed by atoms with Gasteiger partial charge in [-0.1, -0.05) is 37.5 Å². The highest BCUT2D eigenvalue weighted by atomic mass is 16.5. The van der Waals surface area contributed by atoms with E-state index >= 15 is 0 Å². The monoisotopic (exact) mass is 329 g/mol. The van der Waals surface area contributed by atoms with E-state index in [0.29, 0.717) is 6.54 Å². The molecule has 5 heteroatoms. The number of carbonyl (C=O) groups is 1. The van der Waals surface area contributed by atoms with Gasteiger partial charge in [0.1, 0.15) is 0 Å². The molecule has 0 aliphatic heterocycles. The Hall–Kier alpha value is -2.45. The maximum Gasteiger partial charge on any atom is 0.254 e. The van der Waals surface area contributed by atoms with Crippen LogP contribution in [0, 0.1) is 11.8 Å². The zero-order chi connectivity index (χ0) is 17.6.